The zero-order valence-electron chi connectivity index (χ0n) is 9.98. The van der Waals surface area contributed by atoms with E-state index in [9.17, 15) is 4.79 Å². The van der Waals surface area contributed by atoms with Crippen LogP contribution in [0.15, 0.2) is 24.3 Å². The third-order valence-corrected chi connectivity index (χ3v) is 2.67. The molecule has 0 radical (unpaired) electrons. The first kappa shape index (κ1) is 13.6. The quantitative estimate of drug-likeness (QED) is 0.819. The van der Waals surface area contributed by atoms with Crippen LogP contribution in [0, 0.1) is 0 Å². The number of para-hydroxylation sites is 1. The van der Waals surface area contributed by atoms with Gasteiger partial charge >= 0.3 is 5.97 Å². The average Bonchev–Trinajstić information content (AvgIpc) is 2.26. The van der Waals surface area contributed by atoms with Crippen LogP contribution in [0.2, 0.25) is 5.02 Å². The first-order chi connectivity index (χ1) is 8.06. The van der Waals surface area contributed by atoms with E-state index in [0.717, 1.165) is 30.3 Å². The number of hydrogen-bond donors (Lipinski definition) is 1. The zero-order valence-corrected chi connectivity index (χ0v) is 10.7. The molecule has 0 heterocycles. The summed E-state index contributed by atoms with van der Waals surface area (Å²) in [6.07, 6.45) is 3.69. The summed E-state index contributed by atoms with van der Waals surface area (Å²) in [4.78, 5) is 12.6. The highest BCUT2D eigenvalue weighted by Crippen LogP contribution is 2.30. The Morgan fingerprint density at radius 2 is 2.24 bits per heavy atom. The number of carboxylic acid groups (broad SMARTS) is 1. The van der Waals surface area contributed by atoms with Crippen molar-refractivity contribution in [2.75, 3.05) is 18.5 Å². The molecular weight excluding hydrogens is 238 g/mol. The summed E-state index contributed by atoms with van der Waals surface area (Å²) in [5.41, 5.74) is 1.68. The van der Waals surface area contributed by atoms with Crippen LogP contribution in [-0.4, -0.2) is 24.7 Å². The van der Waals surface area contributed by atoms with E-state index in [1.807, 2.05) is 24.1 Å². The number of rotatable bonds is 5. The lowest BCUT2D eigenvalue weighted by Gasteiger charge is -2.22. The Labute approximate surface area is 106 Å². The van der Waals surface area contributed by atoms with Gasteiger partial charge in [-0.1, -0.05) is 30.7 Å². The van der Waals surface area contributed by atoms with Crippen molar-refractivity contribution >= 4 is 29.3 Å². The maximum Gasteiger partial charge on any atom is 0.328 e. The molecule has 1 rings (SSSR count). The number of aliphatic carboxylic acids is 1. The molecule has 0 aliphatic carbocycles. The van der Waals surface area contributed by atoms with Crippen molar-refractivity contribution < 1.29 is 9.90 Å². The maximum absolute atomic E-state index is 10.5. The molecule has 0 unspecified atom stereocenters. The number of nitrogens with zero attached hydrogens (tertiary/aromatic N) is 1. The molecule has 0 bridgehead atoms. The second-order valence-corrected chi connectivity index (χ2v) is 4.18. The van der Waals surface area contributed by atoms with Gasteiger partial charge in [-0.25, -0.2) is 4.79 Å². The van der Waals surface area contributed by atoms with Gasteiger partial charge in [0.2, 0.25) is 0 Å². The van der Waals surface area contributed by atoms with Gasteiger partial charge < -0.3 is 10.0 Å². The van der Waals surface area contributed by atoms with E-state index in [4.69, 9.17) is 16.7 Å². The van der Waals surface area contributed by atoms with Gasteiger partial charge in [0, 0.05) is 19.7 Å². The van der Waals surface area contributed by atoms with Crippen molar-refractivity contribution in [3.05, 3.63) is 34.9 Å². The lowest BCUT2D eigenvalue weighted by molar-refractivity contribution is -0.131. The fourth-order valence-electron chi connectivity index (χ4n) is 1.68. The van der Waals surface area contributed by atoms with E-state index in [1.54, 1.807) is 12.1 Å². The Bertz CT molecular complexity index is 429. The normalized spacial score (nSPS) is 10.8. The molecule has 17 heavy (non-hydrogen) atoms. The molecule has 0 saturated carbocycles. The molecule has 4 heteroatoms. The van der Waals surface area contributed by atoms with Gasteiger partial charge in [0.1, 0.15) is 0 Å². The van der Waals surface area contributed by atoms with E-state index in [-0.39, 0.29) is 0 Å². The second-order valence-electron chi connectivity index (χ2n) is 3.77. The molecule has 1 N–H and O–H groups in total. The van der Waals surface area contributed by atoms with Crippen LogP contribution in [0.3, 0.4) is 0 Å². The summed E-state index contributed by atoms with van der Waals surface area (Å²) in [6, 6.07) is 5.47. The SMILES string of the molecule is CCCN(C)c1c(Cl)cccc1/C=C/C(=O)O. The average molecular weight is 254 g/mol. The number of hydrogen-bond acceptors (Lipinski definition) is 2. The largest absolute Gasteiger partial charge is 0.478 e. The van der Waals surface area contributed by atoms with Crippen molar-refractivity contribution in [2.45, 2.75) is 13.3 Å². The molecule has 0 amide bonds. The van der Waals surface area contributed by atoms with Crippen molar-refractivity contribution in [1.29, 1.82) is 0 Å². The smallest absolute Gasteiger partial charge is 0.328 e. The molecule has 0 aliphatic heterocycles. The predicted octanol–water partition coefficient (Wildman–Crippen LogP) is 3.28. The van der Waals surface area contributed by atoms with E-state index < -0.39 is 5.97 Å². The first-order valence-electron chi connectivity index (χ1n) is 5.47. The Kier molecular flexibility index (Phi) is 5.04. The lowest BCUT2D eigenvalue weighted by Crippen LogP contribution is -2.19. The van der Waals surface area contributed by atoms with Crippen LogP contribution in [0.1, 0.15) is 18.9 Å². The van der Waals surface area contributed by atoms with E-state index >= 15 is 0 Å². The van der Waals surface area contributed by atoms with Crippen molar-refractivity contribution in [3.8, 4) is 0 Å². The molecule has 3 nitrogen and oxygen atoms in total. The standard InChI is InChI=1S/C13H16ClNO2/c1-3-9-15(2)13-10(7-8-12(16)17)5-4-6-11(13)14/h4-8H,3,9H2,1-2H3,(H,16,17)/b8-7+. The number of carboxylic acids is 1. The third-order valence-electron chi connectivity index (χ3n) is 2.36. The molecule has 92 valence electrons. The highest BCUT2D eigenvalue weighted by molar-refractivity contribution is 6.33. The molecule has 1 aromatic rings. The highest BCUT2D eigenvalue weighted by Gasteiger charge is 2.09. The van der Waals surface area contributed by atoms with Gasteiger partial charge in [-0.3, -0.25) is 0 Å². The predicted molar refractivity (Wildman–Crippen MR) is 71.7 cm³/mol. The van der Waals surface area contributed by atoms with Crippen LogP contribution in [0.5, 0.6) is 0 Å². The van der Waals surface area contributed by atoms with Gasteiger partial charge in [0.15, 0.2) is 0 Å². The summed E-state index contributed by atoms with van der Waals surface area (Å²) in [7, 11) is 1.95. The van der Waals surface area contributed by atoms with Crippen LogP contribution in [0.4, 0.5) is 5.69 Å². The van der Waals surface area contributed by atoms with Crippen LogP contribution in [-0.2, 0) is 4.79 Å². The molecule has 0 aromatic heterocycles. The summed E-state index contributed by atoms with van der Waals surface area (Å²) in [5, 5.41) is 9.28. The topological polar surface area (TPSA) is 40.5 Å². The molecular formula is C13H16ClNO2. The Balaban J connectivity index is 3.12. The zero-order chi connectivity index (χ0) is 12.8. The molecule has 0 fully saturated rings. The van der Waals surface area contributed by atoms with Gasteiger partial charge in [-0.2, -0.15) is 0 Å². The lowest BCUT2D eigenvalue weighted by atomic mass is 10.1. The number of anilines is 1. The minimum atomic E-state index is -0.964. The Morgan fingerprint density at radius 1 is 1.53 bits per heavy atom. The number of carbonyl (C=O) groups is 1. The van der Waals surface area contributed by atoms with Crippen LogP contribution in [0.25, 0.3) is 6.08 Å². The Hall–Kier alpha value is -1.48. The van der Waals surface area contributed by atoms with E-state index in [1.165, 1.54) is 0 Å². The van der Waals surface area contributed by atoms with Crippen LogP contribution >= 0.6 is 11.6 Å². The minimum absolute atomic E-state index is 0.633. The minimum Gasteiger partial charge on any atom is -0.478 e. The molecule has 0 saturated heterocycles. The molecule has 1 aromatic carbocycles. The summed E-state index contributed by atoms with van der Waals surface area (Å²) in [5.74, 6) is -0.964. The van der Waals surface area contributed by atoms with E-state index in [2.05, 4.69) is 6.92 Å². The van der Waals surface area contributed by atoms with Gasteiger partial charge in [-0.15, -0.1) is 0 Å². The monoisotopic (exact) mass is 253 g/mol. The van der Waals surface area contributed by atoms with Gasteiger partial charge in [0.05, 0.1) is 10.7 Å². The van der Waals surface area contributed by atoms with Crippen LogP contribution < -0.4 is 4.90 Å². The summed E-state index contributed by atoms with van der Waals surface area (Å²) < 4.78 is 0. The number of benzene rings is 1. The van der Waals surface area contributed by atoms with Crippen molar-refractivity contribution in [3.63, 3.8) is 0 Å². The summed E-state index contributed by atoms with van der Waals surface area (Å²) in [6.45, 7) is 2.96. The van der Waals surface area contributed by atoms with E-state index in [0.29, 0.717) is 5.02 Å². The summed E-state index contributed by atoms with van der Waals surface area (Å²) >= 11 is 6.15. The fraction of sp³-hybridized carbons (Fsp3) is 0.308. The van der Waals surface area contributed by atoms with Crippen molar-refractivity contribution in [2.24, 2.45) is 0 Å². The molecule has 0 atom stereocenters. The third kappa shape index (κ3) is 3.79. The molecule has 0 aliphatic rings. The Morgan fingerprint density at radius 3 is 2.82 bits per heavy atom. The maximum atomic E-state index is 10.5. The van der Waals surface area contributed by atoms with Gasteiger partial charge in [-0.05, 0) is 24.1 Å². The fourth-order valence-corrected chi connectivity index (χ4v) is 2.00. The second kappa shape index (κ2) is 6.30. The number of halogens is 1. The molecule has 0 spiro atoms. The highest BCUT2D eigenvalue weighted by atomic mass is 35.5. The first-order valence-corrected chi connectivity index (χ1v) is 5.84. The van der Waals surface area contributed by atoms with Gasteiger partial charge in [0.25, 0.3) is 0 Å². The van der Waals surface area contributed by atoms with Crippen molar-refractivity contribution in [1.82, 2.24) is 0 Å².